The molecule has 126 valence electrons. The molecule has 0 heterocycles. The van der Waals surface area contributed by atoms with Gasteiger partial charge in [0, 0.05) is 31.7 Å². The normalized spacial score (nSPS) is 17.6. The second kappa shape index (κ2) is 9.15. The number of hydrogen-bond acceptors (Lipinski definition) is 2. The van der Waals surface area contributed by atoms with E-state index < -0.39 is 0 Å². The van der Waals surface area contributed by atoms with Crippen LogP contribution in [0.4, 0.5) is 0 Å². The van der Waals surface area contributed by atoms with Crippen molar-refractivity contribution in [2.24, 2.45) is 11.3 Å². The predicted molar refractivity (Wildman–Crippen MR) is 94.8 cm³/mol. The molecule has 1 saturated carbocycles. The molecule has 1 aliphatic carbocycles. The van der Waals surface area contributed by atoms with Crippen LogP contribution in [0.15, 0.2) is 0 Å². The van der Waals surface area contributed by atoms with E-state index in [1.165, 1.54) is 58.2 Å². The Bertz CT molecular complexity index is 263. The summed E-state index contributed by atoms with van der Waals surface area (Å²) in [6, 6.07) is 1.44. The van der Waals surface area contributed by atoms with Gasteiger partial charge in [0.25, 0.3) is 0 Å². The van der Waals surface area contributed by atoms with Gasteiger partial charge in [-0.1, -0.05) is 54.4 Å². The highest BCUT2D eigenvalue weighted by atomic mass is 15.2. The number of nitrogens with zero attached hydrogens (tertiary/aromatic N) is 1. The van der Waals surface area contributed by atoms with Gasteiger partial charge < -0.3 is 5.32 Å². The highest BCUT2D eigenvalue weighted by Gasteiger charge is 2.32. The lowest BCUT2D eigenvalue weighted by Crippen LogP contribution is -2.48. The van der Waals surface area contributed by atoms with Crippen LogP contribution in [0.5, 0.6) is 0 Å². The SMILES string of the molecule is CCC(CC)(CNC(C)C)CN(CC(C)C)C1CCCC1. The Morgan fingerprint density at radius 1 is 1.05 bits per heavy atom. The number of hydrogen-bond donors (Lipinski definition) is 1. The summed E-state index contributed by atoms with van der Waals surface area (Å²) >= 11 is 0. The van der Waals surface area contributed by atoms with Crippen molar-refractivity contribution in [1.29, 1.82) is 0 Å². The first-order valence-corrected chi connectivity index (χ1v) is 9.40. The van der Waals surface area contributed by atoms with Crippen LogP contribution in [0.3, 0.4) is 0 Å². The second-order valence-electron chi connectivity index (χ2n) is 8.00. The zero-order valence-corrected chi connectivity index (χ0v) is 15.5. The largest absolute Gasteiger partial charge is 0.314 e. The molecule has 1 N–H and O–H groups in total. The first kappa shape index (κ1) is 19.0. The van der Waals surface area contributed by atoms with Crippen molar-refractivity contribution in [3.8, 4) is 0 Å². The zero-order chi connectivity index (χ0) is 15.9. The molecule has 0 aromatic rings. The van der Waals surface area contributed by atoms with Gasteiger partial charge in [0.15, 0.2) is 0 Å². The van der Waals surface area contributed by atoms with Gasteiger partial charge in [-0.15, -0.1) is 0 Å². The van der Waals surface area contributed by atoms with Gasteiger partial charge in [-0.05, 0) is 37.0 Å². The first-order chi connectivity index (χ1) is 9.92. The van der Waals surface area contributed by atoms with Crippen molar-refractivity contribution >= 4 is 0 Å². The molecule has 0 saturated heterocycles. The van der Waals surface area contributed by atoms with E-state index in [0.29, 0.717) is 11.5 Å². The van der Waals surface area contributed by atoms with Crippen LogP contribution in [-0.4, -0.2) is 36.6 Å². The van der Waals surface area contributed by atoms with Crippen molar-refractivity contribution < 1.29 is 0 Å². The van der Waals surface area contributed by atoms with Gasteiger partial charge in [-0.3, -0.25) is 4.90 Å². The lowest BCUT2D eigenvalue weighted by Gasteiger charge is -2.41. The molecular weight excluding hydrogens is 256 g/mol. The zero-order valence-electron chi connectivity index (χ0n) is 15.5. The van der Waals surface area contributed by atoms with Gasteiger partial charge in [-0.25, -0.2) is 0 Å². The van der Waals surface area contributed by atoms with E-state index in [1.807, 2.05) is 0 Å². The Balaban J connectivity index is 2.73. The van der Waals surface area contributed by atoms with Gasteiger partial charge in [0.05, 0.1) is 0 Å². The van der Waals surface area contributed by atoms with Gasteiger partial charge in [0.1, 0.15) is 0 Å². The predicted octanol–water partition coefficient (Wildman–Crippen LogP) is 4.69. The maximum absolute atomic E-state index is 3.71. The Morgan fingerprint density at radius 2 is 1.62 bits per heavy atom. The van der Waals surface area contributed by atoms with Crippen LogP contribution in [0.25, 0.3) is 0 Å². The molecule has 0 aromatic carbocycles. The van der Waals surface area contributed by atoms with Crippen LogP contribution in [0.1, 0.15) is 80.1 Å². The lowest BCUT2D eigenvalue weighted by atomic mass is 9.80. The van der Waals surface area contributed by atoms with Crippen molar-refractivity contribution in [3.05, 3.63) is 0 Å². The molecule has 2 nitrogen and oxygen atoms in total. The summed E-state index contributed by atoms with van der Waals surface area (Å²) in [6.07, 6.45) is 8.29. The average Bonchev–Trinajstić information content (AvgIpc) is 2.96. The Morgan fingerprint density at radius 3 is 2.05 bits per heavy atom. The van der Waals surface area contributed by atoms with Crippen molar-refractivity contribution in [2.75, 3.05) is 19.6 Å². The fraction of sp³-hybridized carbons (Fsp3) is 1.00. The van der Waals surface area contributed by atoms with E-state index in [2.05, 4.69) is 51.8 Å². The van der Waals surface area contributed by atoms with E-state index in [0.717, 1.165) is 12.0 Å². The van der Waals surface area contributed by atoms with Gasteiger partial charge in [0.2, 0.25) is 0 Å². The molecular formula is C19H40N2. The van der Waals surface area contributed by atoms with Crippen LogP contribution in [0.2, 0.25) is 0 Å². The maximum atomic E-state index is 3.71. The standard InChI is InChI=1S/C19H40N2/c1-7-19(8-2,14-20-17(5)6)15-21(13-16(3)4)18-11-9-10-12-18/h16-18,20H,7-15H2,1-6H3. The second-order valence-corrected chi connectivity index (χ2v) is 8.00. The molecule has 0 spiro atoms. The summed E-state index contributed by atoms with van der Waals surface area (Å²) in [7, 11) is 0. The quantitative estimate of drug-likeness (QED) is 0.629. The molecule has 1 aliphatic rings. The smallest absolute Gasteiger partial charge is 0.00956 e. The minimum Gasteiger partial charge on any atom is -0.314 e. The fourth-order valence-electron chi connectivity index (χ4n) is 3.71. The molecule has 0 aliphatic heterocycles. The van der Waals surface area contributed by atoms with Gasteiger partial charge in [-0.2, -0.15) is 0 Å². The Hall–Kier alpha value is -0.0800. The summed E-state index contributed by atoms with van der Waals surface area (Å²) in [5.41, 5.74) is 0.446. The van der Waals surface area contributed by atoms with Crippen LogP contribution >= 0.6 is 0 Å². The highest BCUT2D eigenvalue weighted by molar-refractivity contribution is 4.88. The molecule has 1 fully saturated rings. The number of nitrogens with one attached hydrogen (secondary N) is 1. The van der Waals surface area contributed by atoms with Crippen LogP contribution in [0, 0.1) is 11.3 Å². The third-order valence-corrected chi connectivity index (χ3v) is 5.36. The van der Waals surface area contributed by atoms with E-state index in [4.69, 9.17) is 0 Å². The molecule has 0 bridgehead atoms. The van der Waals surface area contributed by atoms with Gasteiger partial charge >= 0.3 is 0 Å². The topological polar surface area (TPSA) is 15.3 Å². The fourth-order valence-corrected chi connectivity index (χ4v) is 3.71. The summed E-state index contributed by atoms with van der Waals surface area (Å²) < 4.78 is 0. The van der Waals surface area contributed by atoms with Crippen molar-refractivity contribution in [2.45, 2.75) is 92.2 Å². The highest BCUT2D eigenvalue weighted by Crippen LogP contribution is 2.32. The molecule has 0 aromatic heterocycles. The van der Waals surface area contributed by atoms with E-state index in [1.54, 1.807) is 0 Å². The summed E-state index contributed by atoms with van der Waals surface area (Å²) in [6.45, 7) is 17.7. The van der Waals surface area contributed by atoms with E-state index in [9.17, 15) is 0 Å². The third kappa shape index (κ3) is 6.28. The minimum atomic E-state index is 0.446. The first-order valence-electron chi connectivity index (χ1n) is 9.40. The Kier molecular flexibility index (Phi) is 8.26. The van der Waals surface area contributed by atoms with Crippen LogP contribution in [-0.2, 0) is 0 Å². The molecule has 21 heavy (non-hydrogen) atoms. The lowest BCUT2D eigenvalue weighted by molar-refractivity contribution is 0.0870. The number of rotatable bonds is 10. The van der Waals surface area contributed by atoms with Crippen LogP contribution < -0.4 is 5.32 Å². The third-order valence-electron chi connectivity index (χ3n) is 5.36. The molecule has 0 radical (unpaired) electrons. The maximum Gasteiger partial charge on any atom is 0.00956 e. The molecule has 2 heteroatoms. The summed E-state index contributed by atoms with van der Waals surface area (Å²) in [4.78, 5) is 2.84. The Labute approximate surface area is 134 Å². The summed E-state index contributed by atoms with van der Waals surface area (Å²) in [5, 5.41) is 3.71. The van der Waals surface area contributed by atoms with Crippen molar-refractivity contribution in [1.82, 2.24) is 10.2 Å². The van der Waals surface area contributed by atoms with E-state index >= 15 is 0 Å². The molecule has 1 rings (SSSR count). The summed E-state index contributed by atoms with van der Waals surface area (Å²) in [5.74, 6) is 0.773. The average molecular weight is 297 g/mol. The monoisotopic (exact) mass is 296 g/mol. The molecule has 0 atom stereocenters. The molecule has 0 amide bonds. The molecule has 0 unspecified atom stereocenters. The minimum absolute atomic E-state index is 0.446. The van der Waals surface area contributed by atoms with Crippen molar-refractivity contribution in [3.63, 3.8) is 0 Å². The van der Waals surface area contributed by atoms with E-state index in [-0.39, 0.29) is 0 Å².